The maximum absolute atomic E-state index is 15.1. The summed E-state index contributed by atoms with van der Waals surface area (Å²) in [5.74, 6) is -6.81. The lowest BCUT2D eigenvalue weighted by molar-refractivity contribution is -0.276. The van der Waals surface area contributed by atoms with Crippen molar-refractivity contribution in [1.29, 1.82) is 0 Å². The fraction of sp³-hybridized carbons (Fsp3) is 0.286. The number of ether oxygens (including phenoxy) is 3. The van der Waals surface area contributed by atoms with Gasteiger partial charge in [-0.2, -0.15) is 0 Å². The van der Waals surface area contributed by atoms with E-state index in [4.69, 9.17) is 9.47 Å². The van der Waals surface area contributed by atoms with Gasteiger partial charge in [0.05, 0.1) is 0 Å². The summed E-state index contributed by atoms with van der Waals surface area (Å²) >= 11 is 0. The molecule has 206 valence electrons. The van der Waals surface area contributed by atoms with E-state index in [0.717, 1.165) is 22.3 Å². The van der Waals surface area contributed by atoms with Crippen LogP contribution in [0.4, 0.5) is 26.7 Å². The van der Waals surface area contributed by atoms with Gasteiger partial charge in [-0.05, 0) is 49.1 Å². The number of benzene rings is 3. The van der Waals surface area contributed by atoms with E-state index in [1.807, 2.05) is 48.5 Å². The zero-order valence-corrected chi connectivity index (χ0v) is 21.1. The molecule has 3 aromatic rings. The molecule has 39 heavy (non-hydrogen) atoms. The number of carbonyl (C=O) groups is 2. The molecule has 0 fully saturated rings. The maximum atomic E-state index is 15.1. The van der Waals surface area contributed by atoms with E-state index in [1.165, 1.54) is 20.8 Å². The van der Waals surface area contributed by atoms with Crippen molar-refractivity contribution in [3.63, 3.8) is 0 Å². The second-order valence-electron chi connectivity index (χ2n) is 9.76. The summed E-state index contributed by atoms with van der Waals surface area (Å²) in [7, 11) is 0. The summed E-state index contributed by atoms with van der Waals surface area (Å²) in [4.78, 5) is 25.7. The molecule has 1 unspecified atom stereocenters. The van der Waals surface area contributed by atoms with Gasteiger partial charge in [-0.15, -0.1) is 13.2 Å². The standard InChI is InChI=1S/C28H24F5NO5/c1-27(2,3)39-25(35)23(19-12-13-21(29)24(22(19)30)38-28(31,32)33)34-26(36)37-14-20-17-10-6-4-8-15(17)16-9-5-7-11-18(16)20/h4-13,20,23H,14H2,1-3H3,(H,34,36). The van der Waals surface area contributed by atoms with Crippen LogP contribution in [0.1, 0.15) is 49.4 Å². The molecule has 0 aromatic heterocycles. The van der Waals surface area contributed by atoms with Gasteiger partial charge in [0.1, 0.15) is 12.2 Å². The van der Waals surface area contributed by atoms with Gasteiger partial charge in [0.15, 0.2) is 17.7 Å². The molecule has 3 aromatic carbocycles. The Kier molecular flexibility index (Phi) is 7.54. The van der Waals surface area contributed by atoms with Crippen molar-refractivity contribution in [1.82, 2.24) is 5.32 Å². The zero-order valence-electron chi connectivity index (χ0n) is 21.1. The van der Waals surface area contributed by atoms with Gasteiger partial charge < -0.3 is 19.5 Å². The van der Waals surface area contributed by atoms with Crippen molar-refractivity contribution >= 4 is 12.1 Å². The van der Waals surface area contributed by atoms with Gasteiger partial charge in [0.25, 0.3) is 0 Å². The second-order valence-corrected chi connectivity index (χ2v) is 9.76. The van der Waals surface area contributed by atoms with Gasteiger partial charge in [0.2, 0.25) is 5.75 Å². The van der Waals surface area contributed by atoms with Crippen LogP contribution in [0.3, 0.4) is 0 Å². The zero-order chi connectivity index (χ0) is 28.5. The highest BCUT2D eigenvalue weighted by Crippen LogP contribution is 2.44. The number of alkyl carbamates (subject to hydrolysis) is 1. The second kappa shape index (κ2) is 10.5. The third kappa shape index (κ3) is 6.30. The van der Waals surface area contributed by atoms with E-state index in [1.54, 1.807) is 0 Å². The molecule has 0 radical (unpaired) electrons. The number of hydrogen-bond acceptors (Lipinski definition) is 5. The molecule has 1 aliphatic carbocycles. The van der Waals surface area contributed by atoms with E-state index in [2.05, 4.69) is 10.1 Å². The minimum Gasteiger partial charge on any atom is -0.458 e. The number of halogens is 5. The lowest BCUT2D eigenvalue weighted by Crippen LogP contribution is -2.39. The predicted octanol–water partition coefficient (Wildman–Crippen LogP) is 6.78. The van der Waals surface area contributed by atoms with Crippen molar-refractivity contribution in [3.8, 4) is 16.9 Å². The molecule has 11 heteroatoms. The first-order valence-electron chi connectivity index (χ1n) is 11.8. The van der Waals surface area contributed by atoms with Crippen LogP contribution < -0.4 is 10.1 Å². The van der Waals surface area contributed by atoms with Crippen molar-refractivity contribution in [2.45, 2.75) is 44.7 Å². The topological polar surface area (TPSA) is 73.9 Å². The van der Waals surface area contributed by atoms with Crippen molar-refractivity contribution in [2.75, 3.05) is 6.61 Å². The lowest BCUT2D eigenvalue weighted by atomic mass is 9.98. The van der Waals surface area contributed by atoms with E-state index < -0.39 is 53.0 Å². The molecule has 0 heterocycles. The molecular weight excluding hydrogens is 525 g/mol. The smallest absolute Gasteiger partial charge is 0.458 e. The first-order valence-corrected chi connectivity index (χ1v) is 11.8. The summed E-state index contributed by atoms with van der Waals surface area (Å²) in [5, 5.41) is 2.14. The van der Waals surface area contributed by atoms with Crippen LogP contribution in [0.15, 0.2) is 60.7 Å². The Labute approximate surface area is 220 Å². The van der Waals surface area contributed by atoms with E-state index in [-0.39, 0.29) is 12.5 Å². The quantitative estimate of drug-likeness (QED) is 0.271. The third-order valence-corrected chi connectivity index (χ3v) is 5.86. The molecule has 4 rings (SSSR count). The van der Waals surface area contributed by atoms with Crippen molar-refractivity contribution < 1.29 is 45.8 Å². The van der Waals surface area contributed by atoms with Gasteiger partial charge >= 0.3 is 18.4 Å². The highest BCUT2D eigenvalue weighted by Gasteiger charge is 2.38. The Morgan fingerprint density at radius 2 is 1.46 bits per heavy atom. The molecular formula is C28H24F5NO5. The van der Waals surface area contributed by atoms with E-state index >= 15 is 4.39 Å². The number of carbonyl (C=O) groups excluding carboxylic acids is 2. The number of amides is 1. The van der Waals surface area contributed by atoms with E-state index in [0.29, 0.717) is 12.1 Å². The van der Waals surface area contributed by atoms with Gasteiger partial charge in [0, 0.05) is 11.5 Å². The fourth-order valence-electron chi connectivity index (χ4n) is 4.36. The van der Waals surface area contributed by atoms with Crippen LogP contribution in [0.2, 0.25) is 0 Å². The van der Waals surface area contributed by atoms with Crippen LogP contribution >= 0.6 is 0 Å². The average Bonchev–Trinajstić information content (AvgIpc) is 3.16. The number of hydrogen-bond donors (Lipinski definition) is 1. The first-order chi connectivity index (χ1) is 18.2. The Morgan fingerprint density at radius 3 is 2.00 bits per heavy atom. The molecule has 0 saturated heterocycles. The fourth-order valence-corrected chi connectivity index (χ4v) is 4.36. The predicted molar refractivity (Wildman–Crippen MR) is 130 cm³/mol. The summed E-state index contributed by atoms with van der Waals surface area (Å²) in [6.45, 7) is 4.33. The third-order valence-electron chi connectivity index (χ3n) is 5.86. The molecule has 0 aliphatic heterocycles. The Balaban J connectivity index is 1.59. The molecule has 0 saturated carbocycles. The molecule has 1 aliphatic rings. The SMILES string of the molecule is CC(C)(C)OC(=O)C(NC(=O)OCC1c2ccccc2-c2ccccc21)c1ccc(F)c(OC(F)(F)F)c1F. The molecule has 0 spiro atoms. The molecule has 6 nitrogen and oxygen atoms in total. The molecule has 1 amide bonds. The van der Waals surface area contributed by atoms with Crippen LogP contribution in [-0.2, 0) is 14.3 Å². The number of esters is 1. The molecule has 1 atom stereocenters. The Bertz CT molecular complexity index is 1350. The molecule has 0 bridgehead atoms. The average molecular weight is 549 g/mol. The number of nitrogens with one attached hydrogen (secondary N) is 1. The number of fused-ring (bicyclic) bond motifs is 3. The number of rotatable bonds is 6. The minimum absolute atomic E-state index is 0.158. The first kappa shape index (κ1) is 27.9. The van der Waals surface area contributed by atoms with Crippen molar-refractivity contribution in [3.05, 3.63) is 89.0 Å². The van der Waals surface area contributed by atoms with E-state index in [9.17, 15) is 27.2 Å². The summed E-state index contributed by atoms with van der Waals surface area (Å²) in [6.07, 6.45) is -6.59. The number of alkyl halides is 3. The normalized spacial score (nSPS) is 13.7. The highest BCUT2D eigenvalue weighted by molar-refractivity contribution is 5.83. The summed E-state index contributed by atoms with van der Waals surface area (Å²) in [6, 6.07) is 14.3. The monoisotopic (exact) mass is 549 g/mol. The highest BCUT2D eigenvalue weighted by atomic mass is 19.4. The van der Waals surface area contributed by atoms with Crippen molar-refractivity contribution in [2.24, 2.45) is 0 Å². The summed E-state index contributed by atoms with van der Waals surface area (Å²) in [5.41, 5.74) is 1.85. The lowest BCUT2D eigenvalue weighted by Gasteiger charge is -2.25. The van der Waals surface area contributed by atoms with Gasteiger partial charge in [-0.25, -0.2) is 18.4 Å². The molecule has 1 N–H and O–H groups in total. The minimum atomic E-state index is -5.41. The Hall–Kier alpha value is -4.15. The van der Waals surface area contributed by atoms with Crippen LogP contribution in [-0.4, -0.2) is 30.6 Å². The van der Waals surface area contributed by atoms with Gasteiger partial charge in [-0.1, -0.05) is 54.6 Å². The Morgan fingerprint density at radius 1 is 0.897 bits per heavy atom. The van der Waals surface area contributed by atoms with Crippen LogP contribution in [0.5, 0.6) is 5.75 Å². The maximum Gasteiger partial charge on any atom is 0.573 e. The van der Waals surface area contributed by atoms with Crippen LogP contribution in [0.25, 0.3) is 11.1 Å². The largest absolute Gasteiger partial charge is 0.573 e. The van der Waals surface area contributed by atoms with Gasteiger partial charge in [-0.3, -0.25) is 0 Å². The van der Waals surface area contributed by atoms with Crippen LogP contribution in [0, 0.1) is 11.6 Å². The summed E-state index contributed by atoms with van der Waals surface area (Å²) < 4.78 is 81.4.